The van der Waals surface area contributed by atoms with E-state index in [4.69, 9.17) is 4.74 Å². The number of nitrogens with zero attached hydrogens (tertiary/aromatic N) is 1. The highest BCUT2D eigenvalue weighted by Crippen LogP contribution is 2.33. The predicted octanol–water partition coefficient (Wildman–Crippen LogP) is 3.48. The second-order valence-corrected chi connectivity index (χ2v) is 6.50. The van der Waals surface area contributed by atoms with Gasteiger partial charge in [0.2, 0.25) is 5.91 Å². The van der Waals surface area contributed by atoms with Crippen LogP contribution in [0, 0.1) is 5.82 Å². The third kappa shape index (κ3) is 3.95. The summed E-state index contributed by atoms with van der Waals surface area (Å²) < 4.78 is 19.6. The molecule has 3 rings (SSSR count). The molecular formula is C17H19FN2O2S. The number of ether oxygens (including phenoxy) is 1. The molecule has 122 valence electrons. The minimum absolute atomic E-state index is 0.105. The lowest BCUT2D eigenvalue weighted by molar-refractivity contribution is -0.118. The molecule has 6 heteroatoms. The quantitative estimate of drug-likeness (QED) is 0.911. The number of nitrogens with one attached hydrogen (secondary N) is 1. The summed E-state index contributed by atoms with van der Waals surface area (Å²) in [5.41, 5.74) is 2.33. The third-order valence-electron chi connectivity index (χ3n) is 3.84. The van der Waals surface area contributed by atoms with E-state index in [1.54, 1.807) is 17.4 Å². The number of carbonyl (C=O) groups is 1. The molecule has 1 fully saturated rings. The van der Waals surface area contributed by atoms with Crippen molar-refractivity contribution in [2.45, 2.75) is 32.3 Å². The Kier molecular flexibility index (Phi) is 5.03. The molecule has 1 amide bonds. The lowest BCUT2D eigenvalue weighted by atomic mass is 10.1. The highest BCUT2D eigenvalue weighted by molar-refractivity contribution is 7.10. The molecule has 1 aliphatic rings. The van der Waals surface area contributed by atoms with Crippen LogP contribution in [0.25, 0.3) is 11.3 Å². The van der Waals surface area contributed by atoms with Gasteiger partial charge in [-0.25, -0.2) is 9.37 Å². The zero-order valence-electron chi connectivity index (χ0n) is 13.0. The number of aromatic nitrogens is 1. The number of hydrogen-bond donors (Lipinski definition) is 1. The number of halogens is 1. The predicted molar refractivity (Wildman–Crippen MR) is 87.8 cm³/mol. The molecule has 2 aromatic rings. The largest absolute Gasteiger partial charge is 0.371 e. The Morgan fingerprint density at radius 2 is 2.39 bits per heavy atom. The lowest BCUT2D eigenvalue weighted by Gasteiger charge is -2.07. The van der Waals surface area contributed by atoms with Crippen molar-refractivity contribution in [1.29, 1.82) is 0 Å². The molecule has 1 saturated heterocycles. The number of carbonyl (C=O) groups excluding carboxylic acids is 1. The van der Waals surface area contributed by atoms with E-state index < -0.39 is 0 Å². The summed E-state index contributed by atoms with van der Waals surface area (Å²) in [6.07, 6.45) is 2.65. The number of rotatable bonds is 5. The van der Waals surface area contributed by atoms with Gasteiger partial charge in [-0.3, -0.25) is 4.79 Å². The van der Waals surface area contributed by atoms with Crippen LogP contribution >= 0.6 is 11.3 Å². The van der Waals surface area contributed by atoms with Crippen molar-refractivity contribution in [3.05, 3.63) is 40.0 Å². The minimum Gasteiger partial charge on any atom is -0.371 e. The van der Waals surface area contributed by atoms with Crippen LogP contribution in [0.3, 0.4) is 0 Å². The molecule has 0 spiro atoms. The van der Waals surface area contributed by atoms with E-state index >= 15 is 0 Å². The Bertz CT molecular complexity index is 696. The van der Waals surface area contributed by atoms with Crippen molar-refractivity contribution in [2.75, 3.05) is 13.2 Å². The van der Waals surface area contributed by atoms with Crippen LogP contribution in [0.5, 0.6) is 0 Å². The van der Waals surface area contributed by atoms with Gasteiger partial charge in [0, 0.05) is 31.0 Å². The molecule has 4 nitrogen and oxygen atoms in total. The fourth-order valence-electron chi connectivity index (χ4n) is 2.64. The summed E-state index contributed by atoms with van der Waals surface area (Å²) in [5, 5.41) is 5.66. The molecule has 0 aliphatic carbocycles. The van der Waals surface area contributed by atoms with Crippen LogP contribution in [0.15, 0.2) is 23.6 Å². The summed E-state index contributed by atoms with van der Waals surface area (Å²) in [4.78, 5) is 15.6. The van der Waals surface area contributed by atoms with Gasteiger partial charge in [0.1, 0.15) is 16.9 Å². The van der Waals surface area contributed by atoms with Crippen molar-refractivity contribution in [3.8, 4) is 11.3 Å². The maximum Gasteiger partial charge on any atom is 0.216 e. The van der Waals surface area contributed by atoms with Crippen LogP contribution in [0.4, 0.5) is 4.39 Å². The fraction of sp³-hybridized carbons (Fsp3) is 0.412. The van der Waals surface area contributed by atoms with Crippen LogP contribution in [0.2, 0.25) is 0 Å². The van der Waals surface area contributed by atoms with Crippen LogP contribution in [-0.2, 0) is 16.0 Å². The van der Waals surface area contributed by atoms with Crippen molar-refractivity contribution in [1.82, 2.24) is 10.3 Å². The molecule has 23 heavy (non-hydrogen) atoms. The highest BCUT2D eigenvalue weighted by atomic mass is 32.1. The minimum atomic E-state index is -0.256. The fourth-order valence-corrected chi connectivity index (χ4v) is 3.55. The molecule has 0 bridgehead atoms. The zero-order chi connectivity index (χ0) is 16.2. The Morgan fingerprint density at radius 1 is 1.52 bits per heavy atom. The standard InChI is InChI=1S/C17H19FN2O2S/c1-11(21)19-7-6-12-9-13(4-5-14(12)18)15-10-23-17(20-15)16-3-2-8-22-16/h4-5,9-10,16H,2-3,6-8H2,1H3,(H,19,21)/t16-/m1/s1. The van der Waals surface area contributed by atoms with Gasteiger partial charge in [-0.1, -0.05) is 0 Å². The monoisotopic (exact) mass is 334 g/mol. The zero-order valence-corrected chi connectivity index (χ0v) is 13.8. The highest BCUT2D eigenvalue weighted by Gasteiger charge is 2.21. The van der Waals surface area contributed by atoms with E-state index in [-0.39, 0.29) is 17.8 Å². The molecule has 1 aromatic heterocycles. The third-order valence-corrected chi connectivity index (χ3v) is 4.77. The van der Waals surface area contributed by atoms with Crippen LogP contribution < -0.4 is 5.32 Å². The maximum atomic E-state index is 13.9. The smallest absolute Gasteiger partial charge is 0.216 e. The molecule has 0 unspecified atom stereocenters. The molecule has 1 aliphatic heterocycles. The summed E-state index contributed by atoms with van der Waals surface area (Å²) in [6.45, 7) is 2.67. The van der Waals surface area contributed by atoms with Crippen LogP contribution in [-0.4, -0.2) is 24.0 Å². The molecule has 0 radical (unpaired) electrons. The van der Waals surface area contributed by atoms with Crippen molar-refractivity contribution < 1.29 is 13.9 Å². The lowest BCUT2D eigenvalue weighted by Crippen LogP contribution is -2.22. The Morgan fingerprint density at radius 3 is 3.13 bits per heavy atom. The summed E-state index contributed by atoms with van der Waals surface area (Å²) in [7, 11) is 0. The second-order valence-electron chi connectivity index (χ2n) is 5.61. The first-order valence-electron chi connectivity index (χ1n) is 7.74. The van der Waals surface area contributed by atoms with Crippen molar-refractivity contribution in [2.24, 2.45) is 0 Å². The molecule has 0 saturated carbocycles. The van der Waals surface area contributed by atoms with Gasteiger partial charge < -0.3 is 10.1 Å². The Balaban J connectivity index is 1.75. The van der Waals surface area contributed by atoms with E-state index in [1.807, 2.05) is 11.4 Å². The van der Waals surface area contributed by atoms with Crippen LogP contribution in [0.1, 0.15) is 36.4 Å². The molecule has 1 N–H and O–H groups in total. The van der Waals surface area contributed by atoms with Crippen molar-refractivity contribution >= 4 is 17.2 Å². The van der Waals surface area contributed by atoms with Gasteiger partial charge in [-0.15, -0.1) is 11.3 Å². The van der Waals surface area contributed by atoms with E-state index in [0.717, 1.165) is 35.7 Å². The van der Waals surface area contributed by atoms with Gasteiger partial charge in [-0.05, 0) is 43.0 Å². The second kappa shape index (κ2) is 7.19. The van der Waals surface area contributed by atoms with E-state index in [0.29, 0.717) is 18.5 Å². The summed E-state index contributed by atoms with van der Waals surface area (Å²) in [6, 6.07) is 5.01. The van der Waals surface area contributed by atoms with Crippen molar-refractivity contribution in [3.63, 3.8) is 0 Å². The average Bonchev–Trinajstić information content (AvgIpc) is 3.19. The first kappa shape index (κ1) is 16.1. The molecular weight excluding hydrogens is 315 g/mol. The Labute approximate surface area is 138 Å². The molecule has 1 aromatic carbocycles. The molecule has 2 heterocycles. The number of hydrogen-bond acceptors (Lipinski definition) is 4. The average molecular weight is 334 g/mol. The topological polar surface area (TPSA) is 51.2 Å². The van der Waals surface area contributed by atoms with E-state index in [2.05, 4.69) is 10.3 Å². The van der Waals surface area contributed by atoms with E-state index in [9.17, 15) is 9.18 Å². The van der Waals surface area contributed by atoms with Gasteiger partial charge in [0.15, 0.2) is 0 Å². The van der Waals surface area contributed by atoms with Gasteiger partial charge in [-0.2, -0.15) is 0 Å². The normalized spacial score (nSPS) is 17.4. The molecule has 1 atom stereocenters. The first-order chi connectivity index (χ1) is 11.1. The SMILES string of the molecule is CC(=O)NCCc1cc(-c2csc([C@H]3CCCO3)n2)ccc1F. The Hall–Kier alpha value is -1.79. The van der Waals surface area contributed by atoms with E-state index in [1.165, 1.54) is 13.0 Å². The first-order valence-corrected chi connectivity index (χ1v) is 8.61. The van der Waals surface area contributed by atoms with Gasteiger partial charge in [0.05, 0.1) is 5.69 Å². The number of benzene rings is 1. The number of thiazole rings is 1. The van der Waals surface area contributed by atoms with Gasteiger partial charge in [0.25, 0.3) is 0 Å². The summed E-state index contributed by atoms with van der Waals surface area (Å²) >= 11 is 1.59. The summed E-state index contributed by atoms with van der Waals surface area (Å²) in [5.74, 6) is -0.365. The number of amides is 1. The maximum absolute atomic E-state index is 13.9. The van der Waals surface area contributed by atoms with Gasteiger partial charge >= 0.3 is 0 Å².